The van der Waals surface area contributed by atoms with Crippen LogP contribution in [0.4, 0.5) is 0 Å². The molecule has 1 saturated carbocycles. The van der Waals surface area contributed by atoms with Gasteiger partial charge in [-0.1, -0.05) is 25.8 Å². The molecule has 1 aliphatic carbocycles. The second-order valence-electron chi connectivity index (χ2n) is 5.80. The molecule has 1 aromatic heterocycles. The molecular formula is C16H28N2S. The number of nitrogens with zero attached hydrogens (tertiary/aromatic N) is 1. The number of hydrogen-bond acceptors (Lipinski definition) is 3. The van der Waals surface area contributed by atoms with Crippen molar-refractivity contribution >= 4 is 11.3 Å². The quantitative estimate of drug-likeness (QED) is 0.823. The molecule has 19 heavy (non-hydrogen) atoms. The molecule has 2 atom stereocenters. The highest BCUT2D eigenvalue weighted by Crippen LogP contribution is 2.25. The first kappa shape index (κ1) is 15.0. The van der Waals surface area contributed by atoms with Crippen molar-refractivity contribution in [3.63, 3.8) is 0 Å². The maximum atomic E-state index is 3.68. The average molecular weight is 280 g/mol. The number of thiophene rings is 1. The first-order valence-electron chi connectivity index (χ1n) is 7.74. The molecule has 1 fully saturated rings. The normalized spacial score (nSPS) is 23.9. The fourth-order valence-electron chi connectivity index (χ4n) is 3.20. The lowest BCUT2D eigenvalue weighted by atomic mass is 9.84. The maximum Gasteiger partial charge on any atom is 0.0107 e. The molecule has 1 aliphatic rings. The zero-order chi connectivity index (χ0) is 13.5. The molecule has 1 heterocycles. The Kier molecular flexibility index (Phi) is 6.35. The van der Waals surface area contributed by atoms with Crippen LogP contribution >= 0.6 is 11.3 Å². The molecule has 0 saturated heterocycles. The van der Waals surface area contributed by atoms with Gasteiger partial charge in [0.1, 0.15) is 0 Å². The van der Waals surface area contributed by atoms with Crippen molar-refractivity contribution in [3.8, 4) is 0 Å². The summed E-state index contributed by atoms with van der Waals surface area (Å²) >= 11 is 1.88. The second kappa shape index (κ2) is 8.03. The third kappa shape index (κ3) is 4.90. The minimum atomic E-state index is 0.753. The van der Waals surface area contributed by atoms with Gasteiger partial charge in [-0.25, -0.2) is 0 Å². The Morgan fingerprint density at radius 1 is 1.37 bits per heavy atom. The molecule has 0 aliphatic heterocycles. The summed E-state index contributed by atoms with van der Waals surface area (Å²) in [6, 6.07) is 5.16. The summed E-state index contributed by atoms with van der Waals surface area (Å²) in [6.07, 6.45) is 6.81. The summed E-state index contributed by atoms with van der Waals surface area (Å²) < 4.78 is 0. The Labute approximate surface area is 122 Å². The van der Waals surface area contributed by atoms with Crippen LogP contribution in [0.3, 0.4) is 0 Å². The molecule has 3 heteroatoms. The van der Waals surface area contributed by atoms with Crippen molar-refractivity contribution < 1.29 is 0 Å². The molecule has 0 spiro atoms. The van der Waals surface area contributed by atoms with E-state index in [4.69, 9.17) is 0 Å². The third-order valence-corrected chi connectivity index (χ3v) is 5.18. The van der Waals surface area contributed by atoms with E-state index in [0.717, 1.165) is 18.5 Å². The van der Waals surface area contributed by atoms with E-state index in [0.29, 0.717) is 0 Å². The molecule has 0 aromatic carbocycles. The maximum absolute atomic E-state index is 3.68. The van der Waals surface area contributed by atoms with E-state index in [1.54, 1.807) is 0 Å². The van der Waals surface area contributed by atoms with Gasteiger partial charge >= 0.3 is 0 Å². The van der Waals surface area contributed by atoms with Crippen molar-refractivity contribution in [2.45, 2.75) is 45.1 Å². The van der Waals surface area contributed by atoms with E-state index in [2.05, 4.69) is 41.7 Å². The molecule has 108 valence electrons. The minimum Gasteiger partial charge on any atom is -0.314 e. The van der Waals surface area contributed by atoms with Crippen LogP contribution < -0.4 is 5.32 Å². The van der Waals surface area contributed by atoms with E-state index in [9.17, 15) is 0 Å². The Morgan fingerprint density at radius 2 is 2.21 bits per heavy atom. The molecule has 2 nitrogen and oxygen atoms in total. The van der Waals surface area contributed by atoms with Crippen molar-refractivity contribution in [2.24, 2.45) is 5.92 Å². The highest BCUT2D eigenvalue weighted by Gasteiger charge is 2.25. The summed E-state index contributed by atoms with van der Waals surface area (Å²) in [5.74, 6) is 0.849. The zero-order valence-electron chi connectivity index (χ0n) is 12.4. The van der Waals surface area contributed by atoms with Crippen LogP contribution in [0.1, 0.15) is 37.5 Å². The molecule has 2 rings (SSSR count). The van der Waals surface area contributed by atoms with Gasteiger partial charge in [0, 0.05) is 24.0 Å². The van der Waals surface area contributed by atoms with E-state index in [1.807, 2.05) is 11.3 Å². The first-order valence-corrected chi connectivity index (χ1v) is 8.62. The van der Waals surface area contributed by atoms with Crippen LogP contribution in [0, 0.1) is 5.92 Å². The van der Waals surface area contributed by atoms with Gasteiger partial charge in [-0.2, -0.15) is 0 Å². The van der Waals surface area contributed by atoms with Crippen molar-refractivity contribution in [1.82, 2.24) is 10.2 Å². The Bertz CT molecular complexity index is 335. The van der Waals surface area contributed by atoms with E-state index < -0.39 is 0 Å². The number of nitrogens with one attached hydrogen (secondary N) is 1. The van der Waals surface area contributed by atoms with Gasteiger partial charge in [0.05, 0.1) is 0 Å². The average Bonchev–Trinajstić information content (AvgIpc) is 2.92. The van der Waals surface area contributed by atoms with Crippen molar-refractivity contribution in [2.75, 3.05) is 26.7 Å². The predicted octanol–water partition coefficient (Wildman–Crippen LogP) is 3.39. The van der Waals surface area contributed by atoms with Crippen LogP contribution in [0.2, 0.25) is 0 Å². The summed E-state index contributed by atoms with van der Waals surface area (Å²) in [5, 5.41) is 5.86. The SMILES string of the molecule is CCNC1CCCCC1CN(C)CCc1cccs1. The number of hydrogen-bond donors (Lipinski definition) is 1. The molecule has 1 aromatic rings. The summed E-state index contributed by atoms with van der Waals surface area (Å²) in [5.41, 5.74) is 0. The standard InChI is InChI=1S/C16H28N2S/c1-3-17-16-9-5-4-7-14(16)13-18(2)11-10-15-8-6-12-19-15/h6,8,12,14,16-17H,3-5,7,9-11,13H2,1-2H3. The molecule has 0 bridgehead atoms. The molecule has 2 unspecified atom stereocenters. The van der Waals surface area contributed by atoms with Crippen LogP contribution in [0.25, 0.3) is 0 Å². The van der Waals surface area contributed by atoms with E-state index in [1.165, 1.54) is 50.1 Å². The smallest absolute Gasteiger partial charge is 0.0107 e. The lowest BCUT2D eigenvalue weighted by Gasteiger charge is -2.34. The van der Waals surface area contributed by atoms with Crippen LogP contribution in [0.15, 0.2) is 17.5 Å². The van der Waals surface area contributed by atoms with E-state index >= 15 is 0 Å². The largest absolute Gasteiger partial charge is 0.314 e. The molecule has 1 N–H and O–H groups in total. The summed E-state index contributed by atoms with van der Waals surface area (Å²) in [4.78, 5) is 4.04. The minimum absolute atomic E-state index is 0.753. The zero-order valence-corrected chi connectivity index (χ0v) is 13.2. The fraction of sp³-hybridized carbons (Fsp3) is 0.750. The third-order valence-electron chi connectivity index (χ3n) is 4.24. The Hall–Kier alpha value is -0.380. The van der Waals surface area contributed by atoms with Gasteiger partial charge in [0.25, 0.3) is 0 Å². The monoisotopic (exact) mass is 280 g/mol. The molecule has 0 amide bonds. The second-order valence-corrected chi connectivity index (χ2v) is 6.83. The predicted molar refractivity (Wildman–Crippen MR) is 84.9 cm³/mol. The summed E-state index contributed by atoms with van der Waals surface area (Å²) in [6.45, 7) is 5.78. The lowest BCUT2D eigenvalue weighted by Crippen LogP contribution is -2.43. The van der Waals surface area contributed by atoms with Gasteiger partial charge in [-0.15, -0.1) is 11.3 Å². The molecular weight excluding hydrogens is 252 g/mol. The van der Waals surface area contributed by atoms with Gasteiger partial charge in [0.15, 0.2) is 0 Å². The molecule has 0 radical (unpaired) electrons. The van der Waals surface area contributed by atoms with E-state index in [-0.39, 0.29) is 0 Å². The summed E-state index contributed by atoms with van der Waals surface area (Å²) in [7, 11) is 2.28. The van der Waals surface area contributed by atoms with Crippen molar-refractivity contribution in [1.29, 1.82) is 0 Å². The number of likely N-dealkylation sites (N-methyl/N-ethyl adjacent to an activating group) is 1. The van der Waals surface area contributed by atoms with Gasteiger partial charge < -0.3 is 10.2 Å². The lowest BCUT2D eigenvalue weighted by molar-refractivity contribution is 0.192. The van der Waals surface area contributed by atoms with Crippen molar-refractivity contribution in [3.05, 3.63) is 22.4 Å². The van der Waals surface area contributed by atoms with Gasteiger partial charge in [0.2, 0.25) is 0 Å². The fourth-order valence-corrected chi connectivity index (χ4v) is 3.90. The van der Waals surface area contributed by atoms with Gasteiger partial charge in [-0.05, 0) is 50.2 Å². The van der Waals surface area contributed by atoms with Crippen LogP contribution in [0.5, 0.6) is 0 Å². The highest BCUT2D eigenvalue weighted by molar-refractivity contribution is 7.09. The first-order chi connectivity index (χ1) is 9.29. The number of rotatable bonds is 7. The van der Waals surface area contributed by atoms with Crippen LogP contribution in [-0.2, 0) is 6.42 Å². The van der Waals surface area contributed by atoms with Gasteiger partial charge in [-0.3, -0.25) is 0 Å². The topological polar surface area (TPSA) is 15.3 Å². The Morgan fingerprint density at radius 3 is 2.95 bits per heavy atom. The highest BCUT2D eigenvalue weighted by atomic mass is 32.1. The Balaban J connectivity index is 1.74. The van der Waals surface area contributed by atoms with Crippen LogP contribution in [-0.4, -0.2) is 37.6 Å².